The van der Waals surface area contributed by atoms with Crippen molar-refractivity contribution < 1.29 is 14.0 Å². The van der Waals surface area contributed by atoms with E-state index in [4.69, 9.17) is 4.42 Å². The Labute approximate surface area is 135 Å². The lowest BCUT2D eigenvalue weighted by Crippen LogP contribution is -2.33. The molecule has 5 heteroatoms. The molecule has 2 aromatic rings. The summed E-state index contributed by atoms with van der Waals surface area (Å²) in [7, 11) is 0. The fourth-order valence-corrected chi connectivity index (χ4v) is 2.92. The first-order valence-corrected chi connectivity index (χ1v) is 7.79. The number of benzene rings is 1. The maximum Gasteiger partial charge on any atom is 0.225 e. The predicted octanol–water partition coefficient (Wildman–Crippen LogP) is 2.51. The first-order chi connectivity index (χ1) is 11.1. The van der Waals surface area contributed by atoms with Gasteiger partial charge in [0.25, 0.3) is 0 Å². The van der Waals surface area contributed by atoms with Gasteiger partial charge in [-0.15, -0.1) is 0 Å². The normalized spacial score (nSPS) is 18.9. The summed E-state index contributed by atoms with van der Waals surface area (Å²) in [6, 6.07) is 13.4. The molecule has 5 nitrogen and oxygen atoms in total. The van der Waals surface area contributed by atoms with Gasteiger partial charge in [0.2, 0.25) is 11.8 Å². The lowest BCUT2D eigenvalue weighted by molar-refractivity contribution is -0.130. The Kier molecular flexibility index (Phi) is 4.46. The molecule has 1 aromatic heterocycles. The number of hydrogen-bond donors (Lipinski definition) is 1. The van der Waals surface area contributed by atoms with E-state index in [2.05, 4.69) is 5.32 Å². The Morgan fingerprint density at radius 2 is 2.09 bits per heavy atom. The van der Waals surface area contributed by atoms with E-state index in [1.165, 1.54) is 0 Å². The summed E-state index contributed by atoms with van der Waals surface area (Å²) >= 11 is 0. The molecule has 0 saturated carbocycles. The molecule has 0 aliphatic carbocycles. The number of amides is 2. The molecule has 120 valence electrons. The van der Waals surface area contributed by atoms with E-state index in [9.17, 15) is 9.59 Å². The Balaban J connectivity index is 1.59. The van der Waals surface area contributed by atoms with Gasteiger partial charge in [0.1, 0.15) is 5.76 Å². The second-order valence-electron chi connectivity index (χ2n) is 5.83. The molecule has 0 spiro atoms. The van der Waals surface area contributed by atoms with Crippen LogP contribution in [0.25, 0.3) is 0 Å². The first-order valence-electron chi connectivity index (χ1n) is 7.79. The standard InChI is InChI=1S/C18H20N2O3/c1-13(14-6-3-2-4-7-14)20-12-15(10-17(20)21)18(22)19-11-16-8-5-9-23-16/h2-9,13,15H,10-12H2,1H3,(H,19,22)/t13-,15-/m1/s1. The predicted molar refractivity (Wildman–Crippen MR) is 85.2 cm³/mol. The van der Waals surface area contributed by atoms with Gasteiger partial charge in [-0.25, -0.2) is 0 Å². The van der Waals surface area contributed by atoms with Crippen LogP contribution in [0.5, 0.6) is 0 Å². The minimum atomic E-state index is -0.302. The highest BCUT2D eigenvalue weighted by atomic mass is 16.3. The van der Waals surface area contributed by atoms with Crippen molar-refractivity contribution in [3.63, 3.8) is 0 Å². The highest BCUT2D eigenvalue weighted by Gasteiger charge is 2.36. The van der Waals surface area contributed by atoms with E-state index in [1.807, 2.05) is 43.3 Å². The third-order valence-electron chi connectivity index (χ3n) is 4.30. The molecule has 2 atom stereocenters. The Bertz CT molecular complexity index is 667. The smallest absolute Gasteiger partial charge is 0.225 e. The molecular weight excluding hydrogens is 292 g/mol. The van der Waals surface area contributed by atoms with E-state index in [1.54, 1.807) is 17.2 Å². The van der Waals surface area contributed by atoms with Crippen LogP contribution >= 0.6 is 0 Å². The molecule has 0 radical (unpaired) electrons. The Morgan fingerprint density at radius 3 is 2.78 bits per heavy atom. The second-order valence-corrected chi connectivity index (χ2v) is 5.83. The van der Waals surface area contributed by atoms with Crippen LogP contribution < -0.4 is 5.32 Å². The van der Waals surface area contributed by atoms with E-state index in [0.29, 0.717) is 18.8 Å². The van der Waals surface area contributed by atoms with Gasteiger partial charge in [-0.1, -0.05) is 30.3 Å². The summed E-state index contributed by atoms with van der Waals surface area (Å²) in [4.78, 5) is 26.3. The maximum absolute atomic E-state index is 12.3. The zero-order chi connectivity index (χ0) is 16.2. The first kappa shape index (κ1) is 15.3. The van der Waals surface area contributed by atoms with Crippen molar-refractivity contribution in [2.24, 2.45) is 5.92 Å². The number of nitrogens with one attached hydrogen (secondary N) is 1. The van der Waals surface area contributed by atoms with Crippen LogP contribution in [-0.4, -0.2) is 23.3 Å². The molecule has 1 fully saturated rings. The minimum absolute atomic E-state index is 0.0217. The molecular formula is C18H20N2O3. The number of nitrogens with zero attached hydrogens (tertiary/aromatic N) is 1. The maximum atomic E-state index is 12.3. The number of furan rings is 1. The van der Waals surface area contributed by atoms with Gasteiger partial charge in [0, 0.05) is 13.0 Å². The third kappa shape index (κ3) is 3.44. The summed E-state index contributed by atoms with van der Waals surface area (Å²) in [5, 5.41) is 2.84. The summed E-state index contributed by atoms with van der Waals surface area (Å²) in [6.45, 7) is 2.81. The zero-order valence-corrected chi connectivity index (χ0v) is 13.1. The molecule has 1 aliphatic rings. The molecule has 1 aliphatic heterocycles. The molecule has 1 aromatic carbocycles. The Morgan fingerprint density at radius 1 is 1.30 bits per heavy atom. The van der Waals surface area contributed by atoms with Gasteiger partial charge in [-0.3, -0.25) is 9.59 Å². The molecule has 0 unspecified atom stereocenters. The molecule has 1 saturated heterocycles. The van der Waals surface area contributed by atoms with Crippen molar-refractivity contribution in [2.45, 2.75) is 25.9 Å². The summed E-state index contributed by atoms with van der Waals surface area (Å²) in [5.74, 6) is 0.331. The highest BCUT2D eigenvalue weighted by molar-refractivity contribution is 5.89. The molecule has 3 rings (SSSR count). The van der Waals surface area contributed by atoms with Crippen LogP contribution in [0.3, 0.4) is 0 Å². The van der Waals surface area contributed by atoms with E-state index in [0.717, 1.165) is 5.56 Å². The van der Waals surface area contributed by atoms with Crippen molar-refractivity contribution >= 4 is 11.8 Å². The van der Waals surface area contributed by atoms with E-state index in [-0.39, 0.29) is 30.2 Å². The monoisotopic (exact) mass is 312 g/mol. The molecule has 2 heterocycles. The van der Waals surface area contributed by atoms with Gasteiger partial charge in [0.05, 0.1) is 24.8 Å². The van der Waals surface area contributed by atoms with Crippen LogP contribution in [0.15, 0.2) is 53.1 Å². The number of rotatable bonds is 5. The van der Waals surface area contributed by atoms with Gasteiger partial charge in [-0.2, -0.15) is 0 Å². The van der Waals surface area contributed by atoms with E-state index < -0.39 is 0 Å². The van der Waals surface area contributed by atoms with Gasteiger partial charge < -0.3 is 14.6 Å². The lowest BCUT2D eigenvalue weighted by Gasteiger charge is -2.25. The lowest BCUT2D eigenvalue weighted by atomic mass is 10.1. The molecule has 2 amide bonds. The topological polar surface area (TPSA) is 62.6 Å². The van der Waals surface area contributed by atoms with Crippen LogP contribution in [0.4, 0.5) is 0 Å². The molecule has 1 N–H and O–H groups in total. The van der Waals surface area contributed by atoms with Crippen LogP contribution in [0, 0.1) is 5.92 Å². The van der Waals surface area contributed by atoms with Gasteiger partial charge in [-0.05, 0) is 24.6 Å². The third-order valence-corrected chi connectivity index (χ3v) is 4.30. The highest BCUT2D eigenvalue weighted by Crippen LogP contribution is 2.28. The van der Waals surface area contributed by atoms with Crippen LogP contribution in [0.2, 0.25) is 0 Å². The number of carbonyl (C=O) groups is 2. The number of carbonyl (C=O) groups excluding carboxylic acids is 2. The largest absolute Gasteiger partial charge is 0.467 e. The fourth-order valence-electron chi connectivity index (χ4n) is 2.92. The van der Waals surface area contributed by atoms with Crippen LogP contribution in [0.1, 0.15) is 30.7 Å². The van der Waals surface area contributed by atoms with Crippen molar-refractivity contribution in [1.82, 2.24) is 10.2 Å². The van der Waals surface area contributed by atoms with Crippen molar-refractivity contribution in [3.8, 4) is 0 Å². The average Bonchev–Trinajstić information content (AvgIpc) is 3.22. The minimum Gasteiger partial charge on any atom is -0.467 e. The summed E-state index contributed by atoms with van der Waals surface area (Å²) in [5.41, 5.74) is 1.08. The molecule has 23 heavy (non-hydrogen) atoms. The van der Waals surface area contributed by atoms with E-state index >= 15 is 0 Å². The SMILES string of the molecule is C[C@H](c1ccccc1)N1C[C@H](C(=O)NCc2ccco2)CC1=O. The Hall–Kier alpha value is -2.56. The number of likely N-dealkylation sites (tertiary alicyclic amines) is 1. The van der Waals surface area contributed by atoms with Crippen molar-refractivity contribution in [3.05, 3.63) is 60.1 Å². The van der Waals surface area contributed by atoms with Crippen molar-refractivity contribution in [1.29, 1.82) is 0 Å². The average molecular weight is 312 g/mol. The molecule has 0 bridgehead atoms. The van der Waals surface area contributed by atoms with Gasteiger partial charge in [0.15, 0.2) is 0 Å². The number of hydrogen-bond acceptors (Lipinski definition) is 3. The summed E-state index contributed by atoms with van der Waals surface area (Å²) < 4.78 is 5.19. The van der Waals surface area contributed by atoms with Crippen LogP contribution in [-0.2, 0) is 16.1 Å². The fraction of sp³-hybridized carbons (Fsp3) is 0.333. The van der Waals surface area contributed by atoms with Crippen molar-refractivity contribution in [2.75, 3.05) is 6.54 Å². The quantitative estimate of drug-likeness (QED) is 0.922. The zero-order valence-electron chi connectivity index (χ0n) is 13.1. The summed E-state index contributed by atoms with van der Waals surface area (Å²) in [6.07, 6.45) is 1.84. The van der Waals surface area contributed by atoms with Gasteiger partial charge >= 0.3 is 0 Å². The second kappa shape index (κ2) is 6.69.